The van der Waals surface area contributed by atoms with Gasteiger partial charge in [-0.3, -0.25) is 5.10 Å². The Hall–Kier alpha value is -1.81. The number of rotatable bonds is 3. The third-order valence-electron chi connectivity index (χ3n) is 2.72. The Kier molecular flexibility index (Phi) is 2.92. The smallest absolute Gasteiger partial charge is 0.115 e. The van der Waals surface area contributed by atoms with Crippen LogP contribution in [-0.4, -0.2) is 22.4 Å². The minimum absolute atomic E-state index is 0.238. The van der Waals surface area contributed by atoms with E-state index in [1.165, 1.54) is 0 Å². The highest BCUT2D eigenvalue weighted by atomic mass is 16.3. The van der Waals surface area contributed by atoms with Crippen LogP contribution in [-0.2, 0) is 0 Å². The molecule has 0 aliphatic rings. The lowest BCUT2D eigenvalue weighted by Gasteiger charge is -2.10. The van der Waals surface area contributed by atoms with E-state index < -0.39 is 0 Å². The summed E-state index contributed by atoms with van der Waals surface area (Å²) in [5.41, 5.74) is 3.13. The van der Waals surface area contributed by atoms with E-state index in [1.807, 2.05) is 25.4 Å². The van der Waals surface area contributed by atoms with Crippen molar-refractivity contribution in [1.82, 2.24) is 15.5 Å². The molecule has 3 N–H and O–H groups in total. The number of aromatic nitrogens is 2. The zero-order chi connectivity index (χ0) is 11.5. The van der Waals surface area contributed by atoms with Crippen LogP contribution in [0.3, 0.4) is 0 Å². The normalized spacial score (nSPS) is 12.6. The van der Waals surface area contributed by atoms with Crippen LogP contribution in [0.25, 0.3) is 11.3 Å². The fraction of sp³-hybridized carbons (Fsp3) is 0.250. The molecule has 0 amide bonds. The molecule has 1 atom stereocenters. The van der Waals surface area contributed by atoms with Gasteiger partial charge < -0.3 is 10.4 Å². The van der Waals surface area contributed by atoms with Crippen LogP contribution in [0, 0.1) is 0 Å². The molecule has 0 aliphatic heterocycles. The van der Waals surface area contributed by atoms with Crippen LogP contribution in [0.2, 0.25) is 0 Å². The Balaban J connectivity index is 2.40. The topological polar surface area (TPSA) is 60.9 Å². The molecule has 0 spiro atoms. The Morgan fingerprint density at radius 1 is 1.31 bits per heavy atom. The third kappa shape index (κ3) is 1.92. The lowest BCUT2D eigenvalue weighted by molar-refractivity contribution is 0.475. The molecule has 0 saturated heterocycles. The van der Waals surface area contributed by atoms with E-state index in [9.17, 15) is 5.11 Å². The van der Waals surface area contributed by atoms with Crippen LogP contribution in [0.1, 0.15) is 18.5 Å². The molecule has 1 heterocycles. The first-order valence-electron chi connectivity index (χ1n) is 5.22. The molecule has 4 nitrogen and oxygen atoms in total. The number of aromatic hydroxyl groups is 1. The van der Waals surface area contributed by atoms with E-state index in [4.69, 9.17) is 0 Å². The summed E-state index contributed by atoms with van der Waals surface area (Å²) in [6.07, 6.45) is 1.82. The lowest BCUT2D eigenvalue weighted by atomic mass is 10.0. The Morgan fingerprint density at radius 2 is 2.00 bits per heavy atom. The fourth-order valence-corrected chi connectivity index (χ4v) is 1.64. The Labute approximate surface area is 94.3 Å². The maximum atomic E-state index is 9.24. The lowest BCUT2D eigenvalue weighted by Crippen LogP contribution is -2.12. The van der Waals surface area contributed by atoms with Crippen LogP contribution in [0.5, 0.6) is 5.75 Å². The third-order valence-corrected chi connectivity index (χ3v) is 2.72. The number of phenols is 1. The Bertz CT molecular complexity index is 461. The summed E-state index contributed by atoms with van der Waals surface area (Å²) in [4.78, 5) is 0. The minimum Gasteiger partial charge on any atom is -0.508 e. The average molecular weight is 217 g/mol. The van der Waals surface area contributed by atoms with Gasteiger partial charge in [-0.15, -0.1) is 0 Å². The summed E-state index contributed by atoms with van der Waals surface area (Å²) >= 11 is 0. The number of nitrogens with one attached hydrogen (secondary N) is 2. The highest BCUT2D eigenvalue weighted by Crippen LogP contribution is 2.26. The second-order valence-electron chi connectivity index (χ2n) is 3.76. The van der Waals surface area contributed by atoms with Crippen LogP contribution in [0.4, 0.5) is 0 Å². The summed E-state index contributed by atoms with van der Waals surface area (Å²) in [5.74, 6) is 0.270. The van der Waals surface area contributed by atoms with E-state index in [1.54, 1.807) is 12.1 Å². The molecule has 4 heteroatoms. The van der Waals surface area contributed by atoms with Gasteiger partial charge in [0, 0.05) is 17.2 Å². The van der Waals surface area contributed by atoms with Gasteiger partial charge in [-0.1, -0.05) is 0 Å². The molecule has 16 heavy (non-hydrogen) atoms. The predicted octanol–water partition coefficient (Wildman–Crippen LogP) is 2.06. The van der Waals surface area contributed by atoms with E-state index >= 15 is 0 Å². The standard InChI is InChI=1S/C12H15N3O/c1-8(13-2)11-7-14-15-12(11)9-3-5-10(16)6-4-9/h3-8,13,16H,1-2H3,(H,14,15). The highest BCUT2D eigenvalue weighted by molar-refractivity contribution is 5.63. The van der Waals surface area contributed by atoms with Crippen molar-refractivity contribution < 1.29 is 5.11 Å². The number of aromatic amines is 1. The van der Waals surface area contributed by atoms with Gasteiger partial charge in [0.05, 0.1) is 11.9 Å². The van der Waals surface area contributed by atoms with Gasteiger partial charge in [0.2, 0.25) is 0 Å². The first-order chi connectivity index (χ1) is 7.72. The maximum absolute atomic E-state index is 9.24. The monoisotopic (exact) mass is 217 g/mol. The van der Waals surface area contributed by atoms with Gasteiger partial charge in [0.1, 0.15) is 5.75 Å². The van der Waals surface area contributed by atoms with Gasteiger partial charge in [-0.2, -0.15) is 5.10 Å². The molecule has 0 aliphatic carbocycles. The van der Waals surface area contributed by atoms with Crippen molar-refractivity contribution in [3.63, 3.8) is 0 Å². The predicted molar refractivity (Wildman–Crippen MR) is 63.2 cm³/mol. The average Bonchev–Trinajstić information content (AvgIpc) is 2.78. The first kappa shape index (κ1) is 10.7. The fourth-order valence-electron chi connectivity index (χ4n) is 1.64. The van der Waals surface area contributed by atoms with Gasteiger partial charge in [0.15, 0.2) is 0 Å². The zero-order valence-corrected chi connectivity index (χ0v) is 9.36. The second kappa shape index (κ2) is 4.37. The number of hydrogen-bond donors (Lipinski definition) is 3. The first-order valence-corrected chi connectivity index (χ1v) is 5.22. The van der Waals surface area contributed by atoms with Crippen molar-refractivity contribution >= 4 is 0 Å². The highest BCUT2D eigenvalue weighted by Gasteiger charge is 2.12. The summed E-state index contributed by atoms with van der Waals surface area (Å²) in [7, 11) is 1.91. The zero-order valence-electron chi connectivity index (χ0n) is 9.36. The number of benzene rings is 1. The molecule has 1 aromatic carbocycles. The van der Waals surface area contributed by atoms with Crippen molar-refractivity contribution in [3.8, 4) is 17.0 Å². The molecule has 0 bridgehead atoms. The summed E-state index contributed by atoms with van der Waals surface area (Å²) < 4.78 is 0. The van der Waals surface area contributed by atoms with Crippen molar-refractivity contribution in [2.75, 3.05) is 7.05 Å². The van der Waals surface area contributed by atoms with Crippen molar-refractivity contribution in [2.24, 2.45) is 0 Å². The molecular weight excluding hydrogens is 202 g/mol. The number of hydrogen-bond acceptors (Lipinski definition) is 3. The van der Waals surface area contributed by atoms with E-state index in [2.05, 4.69) is 22.4 Å². The van der Waals surface area contributed by atoms with Crippen molar-refractivity contribution in [1.29, 1.82) is 0 Å². The minimum atomic E-state index is 0.238. The van der Waals surface area contributed by atoms with Crippen LogP contribution in [0.15, 0.2) is 30.5 Å². The quantitative estimate of drug-likeness (QED) is 0.737. The summed E-state index contributed by atoms with van der Waals surface area (Å²) in [6, 6.07) is 7.32. The molecule has 2 rings (SSSR count). The largest absolute Gasteiger partial charge is 0.508 e. The molecule has 0 fully saturated rings. The molecule has 1 aromatic heterocycles. The molecule has 2 aromatic rings. The maximum Gasteiger partial charge on any atom is 0.115 e. The van der Waals surface area contributed by atoms with Gasteiger partial charge in [0.25, 0.3) is 0 Å². The summed E-state index contributed by atoms with van der Waals surface area (Å²) in [6.45, 7) is 2.08. The van der Waals surface area contributed by atoms with Crippen LogP contribution >= 0.6 is 0 Å². The number of H-pyrrole nitrogens is 1. The van der Waals surface area contributed by atoms with Crippen molar-refractivity contribution in [3.05, 3.63) is 36.0 Å². The molecule has 1 unspecified atom stereocenters. The molecule has 0 radical (unpaired) electrons. The molecule has 0 saturated carbocycles. The van der Waals surface area contributed by atoms with Gasteiger partial charge in [-0.25, -0.2) is 0 Å². The van der Waals surface area contributed by atoms with E-state index in [0.717, 1.165) is 16.8 Å². The van der Waals surface area contributed by atoms with Gasteiger partial charge >= 0.3 is 0 Å². The van der Waals surface area contributed by atoms with E-state index in [0.29, 0.717) is 0 Å². The Morgan fingerprint density at radius 3 is 2.62 bits per heavy atom. The molecule has 84 valence electrons. The number of nitrogens with zero attached hydrogens (tertiary/aromatic N) is 1. The van der Waals surface area contributed by atoms with E-state index in [-0.39, 0.29) is 11.8 Å². The SMILES string of the molecule is CNC(C)c1cn[nH]c1-c1ccc(O)cc1. The van der Waals surface area contributed by atoms with Crippen LogP contribution < -0.4 is 5.32 Å². The molecular formula is C12H15N3O. The number of phenolic OH excluding ortho intramolecular Hbond substituents is 1. The second-order valence-corrected chi connectivity index (χ2v) is 3.76. The van der Waals surface area contributed by atoms with Crippen molar-refractivity contribution in [2.45, 2.75) is 13.0 Å². The van der Waals surface area contributed by atoms with Gasteiger partial charge in [-0.05, 0) is 38.2 Å². The summed E-state index contributed by atoms with van der Waals surface area (Å²) in [5, 5.41) is 19.5.